The van der Waals surface area contributed by atoms with Crippen molar-refractivity contribution in [2.24, 2.45) is 0 Å². The summed E-state index contributed by atoms with van der Waals surface area (Å²) in [4.78, 5) is 0. The molecule has 0 saturated carbocycles. The Hall–Kier alpha value is -1.80. The van der Waals surface area contributed by atoms with Gasteiger partial charge in [0.05, 0.1) is 7.11 Å². The molecule has 0 heterocycles. The molecule has 0 bridgehead atoms. The highest BCUT2D eigenvalue weighted by Crippen LogP contribution is 2.26. The molecular weight excluding hydrogens is 222 g/mol. The highest BCUT2D eigenvalue weighted by molar-refractivity contribution is 5.65. The second-order valence-electron chi connectivity index (χ2n) is 4.37. The number of hydrogen-bond donors (Lipinski definition) is 1. The lowest BCUT2D eigenvalue weighted by Gasteiger charge is -2.12. The van der Waals surface area contributed by atoms with Gasteiger partial charge >= 0.3 is 0 Å². The van der Waals surface area contributed by atoms with Gasteiger partial charge in [0.1, 0.15) is 5.75 Å². The fraction of sp³-hybridized carbons (Fsp3) is 0.250. The molecular formula is C16H19NO. The van der Waals surface area contributed by atoms with E-state index in [9.17, 15) is 0 Å². The molecule has 0 aliphatic heterocycles. The fourth-order valence-corrected chi connectivity index (χ4v) is 1.96. The van der Waals surface area contributed by atoms with Gasteiger partial charge in [0.25, 0.3) is 0 Å². The monoisotopic (exact) mass is 241 g/mol. The minimum Gasteiger partial charge on any atom is -0.497 e. The Balaban J connectivity index is 2.38. The van der Waals surface area contributed by atoms with Crippen LogP contribution in [-0.2, 0) is 0 Å². The van der Waals surface area contributed by atoms with Gasteiger partial charge in [-0.2, -0.15) is 0 Å². The summed E-state index contributed by atoms with van der Waals surface area (Å²) in [5.74, 6) is 0.888. The largest absolute Gasteiger partial charge is 0.497 e. The van der Waals surface area contributed by atoms with Crippen LogP contribution in [0.1, 0.15) is 18.5 Å². The van der Waals surface area contributed by atoms with Gasteiger partial charge in [-0.1, -0.05) is 30.3 Å². The van der Waals surface area contributed by atoms with Crippen LogP contribution in [0.3, 0.4) is 0 Å². The molecule has 0 fully saturated rings. The van der Waals surface area contributed by atoms with E-state index in [0.717, 1.165) is 5.75 Å². The first-order chi connectivity index (χ1) is 8.74. The van der Waals surface area contributed by atoms with E-state index < -0.39 is 0 Å². The van der Waals surface area contributed by atoms with Crippen molar-refractivity contribution in [2.45, 2.75) is 13.0 Å². The topological polar surface area (TPSA) is 21.3 Å². The number of methoxy groups -OCH3 is 1. The third kappa shape index (κ3) is 2.71. The van der Waals surface area contributed by atoms with Crippen LogP contribution in [0, 0.1) is 0 Å². The van der Waals surface area contributed by atoms with Gasteiger partial charge in [-0.3, -0.25) is 0 Å². The molecule has 1 unspecified atom stereocenters. The second-order valence-corrected chi connectivity index (χ2v) is 4.37. The smallest absolute Gasteiger partial charge is 0.119 e. The Kier molecular flexibility index (Phi) is 4.00. The minimum atomic E-state index is 0.357. The van der Waals surface area contributed by atoms with Crippen LogP contribution in [0.25, 0.3) is 11.1 Å². The molecule has 2 heteroatoms. The van der Waals surface area contributed by atoms with Crippen LogP contribution in [0.4, 0.5) is 0 Å². The zero-order valence-corrected chi connectivity index (χ0v) is 11.1. The first-order valence-electron chi connectivity index (χ1n) is 6.16. The van der Waals surface area contributed by atoms with E-state index in [2.05, 4.69) is 48.6 Å². The molecule has 0 amide bonds. The van der Waals surface area contributed by atoms with Crippen LogP contribution in [-0.4, -0.2) is 14.2 Å². The number of ether oxygens (including phenoxy) is 1. The Morgan fingerprint density at radius 1 is 1.00 bits per heavy atom. The molecule has 0 aliphatic carbocycles. The summed E-state index contributed by atoms with van der Waals surface area (Å²) >= 11 is 0. The predicted octanol–water partition coefficient (Wildman–Crippen LogP) is 3.64. The lowest BCUT2D eigenvalue weighted by molar-refractivity contribution is 0.415. The third-order valence-electron chi connectivity index (χ3n) is 3.22. The van der Waals surface area contributed by atoms with Gasteiger partial charge in [-0.15, -0.1) is 0 Å². The fourth-order valence-electron chi connectivity index (χ4n) is 1.96. The van der Waals surface area contributed by atoms with Gasteiger partial charge in [-0.05, 0) is 48.9 Å². The van der Waals surface area contributed by atoms with Gasteiger partial charge in [0.2, 0.25) is 0 Å². The van der Waals surface area contributed by atoms with Crippen molar-refractivity contribution < 1.29 is 4.74 Å². The zero-order valence-electron chi connectivity index (χ0n) is 11.1. The van der Waals surface area contributed by atoms with Crippen LogP contribution in [0.2, 0.25) is 0 Å². The van der Waals surface area contributed by atoms with Crippen LogP contribution in [0.15, 0.2) is 48.5 Å². The first-order valence-corrected chi connectivity index (χ1v) is 6.16. The Bertz CT molecular complexity index is 522. The second kappa shape index (κ2) is 5.69. The maximum atomic E-state index is 5.26. The highest BCUT2D eigenvalue weighted by Gasteiger charge is 2.05. The molecule has 1 atom stereocenters. The van der Waals surface area contributed by atoms with Gasteiger partial charge < -0.3 is 10.1 Å². The lowest BCUT2D eigenvalue weighted by Crippen LogP contribution is -2.12. The summed E-state index contributed by atoms with van der Waals surface area (Å²) in [6.45, 7) is 2.16. The van der Waals surface area contributed by atoms with Crippen molar-refractivity contribution >= 4 is 0 Å². The zero-order chi connectivity index (χ0) is 13.0. The third-order valence-corrected chi connectivity index (χ3v) is 3.22. The van der Waals surface area contributed by atoms with E-state index in [-0.39, 0.29) is 0 Å². The van der Waals surface area contributed by atoms with Crippen molar-refractivity contribution in [1.82, 2.24) is 5.32 Å². The van der Waals surface area contributed by atoms with Crippen molar-refractivity contribution in [3.63, 3.8) is 0 Å². The van der Waals surface area contributed by atoms with Crippen molar-refractivity contribution in [3.05, 3.63) is 54.1 Å². The molecule has 2 nitrogen and oxygen atoms in total. The predicted molar refractivity (Wildman–Crippen MR) is 75.9 cm³/mol. The molecule has 0 aromatic heterocycles. The standard InChI is InChI=1S/C16H19NO/c1-12(17-2)13-6-4-7-14(10-13)15-8-5-9-16(11-15)18-3/h4-12,17H,1-3H3. The average Bonchev–Trinajstić information content (AvgIpc) is 2.46. The molecule has 2 rings (SSSR count). The molecule has 0 aliphatic rings. The normalized spacial score (nSPS) is 12.2. The average molecular weight is 241 g/mol. The van der Waals surface area contributed by atoms with Crippen LogP contribution >= 0.6 is 0 Å². The number of hydrogen-bond acceptors (Lipinski definition) is 2. The molecule has 1 N–H and O–H groups in total. The summed E-state index contributed by atoms with van der Waals surface area (Å²) < 4.78 is 5.26. The van der Waals surface area contributed by atoms with Crippen LogP contribution < -0.4 is 10.1 Å². The van der Waals surface area contributed by atoms with E-state index in [0.29, 0.717) is 6.04 Å². The SMILES string of the molecule is CNC(C)c1cccc(-c2cccc(OC)c2)c1. The van der Waals surface area contributed by atoms with E-state index in [1.165, 1.54) is 16.7 Å². The maximum Gasteiger partial charge on any atom is 0.119 e. The number of rotatable bonds is 4. The molecule has 2 aromatic carbocycles. The Labute approximate surface area is 109 Å². The number of nitrogens with one attached hydrogen (secondary N) is 1. The summed E-state index contributed by atoms with van der Waals surface area (Å²) in [6.07, 6.45) is 0. The van der Waals surface area contributed by atoms with Crippen molar-refractivity contribution in [1.29, 1.82) is 0 Å². The first kappa shape index (κ1) is 12.7. The van der Waals surface area contributed by atoms with Crippen molar-refractivity contribution in [2.75, 3.05) is 14.2 Å². The van der Waals surface area contributed by atoms with E-state index in [1.807, 2.05) is 19.2 Å². The lowest BCUT2D eigenvalue weighted by atomic mass is 10.00. The minimum absolute atomic E-state index is 0.357. The van der Waals surface area contributed by atoms with Gasteiger partial charge in [-0.25, -0.2) is 0 Å². The summed E-state index contributed by atoms with van der Waals surface area (Å²) in [5.41, 5.74) is 3.69. The van der Waals surface area contributed by atoms with E-state index >= 15 is 0 Å². The van der Waals surface area contributed by atoms with Gasteiger partial charge in [0, 0.05) is 6.04 Å². The van der Waals surface area contributed by atoms with E-state index in [1.54, 1.807) is 7.11 Å². The molecule has 0 radical (unpaired) electrons. The van der Waals surface area contributed by atoms with E-state index in [4.69, 9.17) is 4.74 Å². The summed E-state index contributed by atoms with van der Waals surface area (Å²) in [5, 5.41) is 3.26. The Morgan fingerprint density at radius 3 is 2.33 bits per heavy atom. The summed E-state index contributed by atoms with van der Waals surface area (Å²) in [6, 6.07) is 17.1. The molecule has 2 aromatic rings. The van der Waals surface area contributed by atoms with Crippen LogP contribution in [0.5, 0.6) is 5.75 Å². The molecule has 0 saturated heterocycles. The number of benzene rings is 2. The molecule has 0 spiro atoms. The summed E-state index contributed by atoms with van der Waals surface area (Å²) in [7, 11) is 3.67. The van der Waals surface area contributed by atoms with Gasteiger partial charge in [0.15, 0.2) is 0 Å². The molecule has 94 valence electrons. The Morgan fingerprint density at radius 2 is 1.67 bits per heavy atom. The maximum absolute atomic E-state index is 5.26. The highest BCUT2D eigenvalue weighted by atomic mass is 16.5. The van der Waals surface area contributed by atoms with Crippen molar-refractivity contribution in [3.8, 4) is 16.9 Å². The quantitative estimate of drug-likeness (QED) is 0.882. The molecule has 18 heavy (non-hydrogen) atoms.